The maximum absolute atomic E-state index is 12.8. The summed E-state index contributed by atoms with van der Waals surface area (Å²) in [6.45, 7) is 7.56. The molecule has 1 fully saturated rings. The lowest BCUT2D eigenvalue weighted by atomic mass is 9.89. The minimum atomic E-state index is -0.946. The summed E-state index contributed by atoms with van der Waals surface area (Å²) in [5, 5.41) is 0.845. The third-order valence-electron chi connectivity index (χ3n) is 4.29. The number of esters is 2. The molecule has 2 aromatic rings. The molecule has 0 amide bonds. The first kappa shape index (κ1) is 17.8. The van der Waals surface area contributed by atoms with Crippen LogP contribution in [-0.4, -0.2) is 41.7 Å². The van der Waals surface area contributed by atoms with E-state index >= 15 is 0 Å². The van der Waals surface area contributed by atoms with Crippen molar-refractivity contribution in [2.45, 2.75) is 39.9 Å². The first-order valence-electron chi connectivity index (χ1n) is 7.91. The first-order valence-corrected chi connectivity index (χ1v) is 8.72. The van der Waals surface area contributed by atoms with Crippen LogP contribution in [0.4, 0.5) is 0 Å². The SMILES string of the molecule is CO[C@@H](C)c1c(C(=O)O[C@H]2C(=O)OCC2(C)C)cnc2sc(C)nc12. The van der Waals surface area contributed by atoms with E-state index in [1.807, 2.05) is 27.7 Å². The molecule has 0 aliphatic carbocycles. The molecule has 0 radical (unpaired) electrons. The van der Waals surface area contributed by atoms with Crippen LogP contribution in [0.3, 0.4) is 0 Å². The van der Waals surface area contributed by atoms with Crippen molar-refractivity contribution in [2.24, 2.45) is 5.41 Å². The molecule has 0 saturated carbocycles. The number of ether oxygens (including phenoxy) is 3. The van der Waals surface area contributed by atoms with Crippen LogP contribution in [0, 0.1) is 12.3 Å². The van der Waals surface area contributed by atoms with Gasteiger partial charge in [-0.25, -0.2) is 19.6 Å². The summed E-state index contributed by atoms with van der Waals surface area (Å²) in [6, 6.07) is 0. The molecule has 2 aromatic heterocycles. The van der Waals surface area contributed by atoms with Crippen LogP contribution >= 0.6 is 11.3 Å². The largest absolute Gasteiger partial charge is 0.462 e. The summed E-state index contributed by atoms with van der Waals surface area (Å²) >= 11 is 1.44. The van der Waals surface area contributed by atoms with Gasteiger partial charge in [0.05, 0.1) is 16.7 Å². The molecule has 3 rings (SSSR count). The second kappa shape index (κ2) is 6.34. The van der Waals surface area contributed by atoms with E-state index in [0.717, 1.165) is 9.84 Å². The molecule has 0 spiro atoms. The number of hydrogen-bond acceptors (Lipinski definition) is 8. The second-order valence-corrected chi connectivity index (χ2v) is 7.91. The Morgan fingerprint density at radius 3 is 2.80 bits per heavy atom. The third kappa shape index (κ3) is 3.11. The molecule has 1 saturated heterocycles. The van der Waals surface area contributed by atoms with E-state index in [-0.39, 0.29) is 18.3 Å². The quantitative estimate of drug-likeness (QED) is 0.771. The van der Waals surface area contributed by atoms with Crippen LogP contribution in [0.2, 0.25) is 0 Å². The number of hydrogen-bond donors (Lipinski definition) is 0. The van der Waals surface area contributed by atoms with Gasteiger partial charge in [0, 0.05) is 24.3 Å². The van der Waals surface area contributed by atoms with Gasteiger partial charge in [0.2, 0.25) is 6.10 Å². The van der Waals surface area contributed by atoms with Gasteiger partial charge in [-0.15, -0.1) is 0 Å². The molecule has 1 aliphatic heterocycles. The molecule has 25 heavy (non-hydrogen) atoms. The predicted octanol–water partition coefficient (Wildman–Crippen LogP) is 2.82. The van der Waals surface area contributed by atoms with Crippen LogP contribution in [0.1, 0.15) is 47.8 Å². The van der Waals surface area contributed by atoms with E-state index in [9.17, 15) is 9.59 Å². The zero-order valence-electron chi connectivity index (χ0n) is 14.8. The van der Waals surface area contributed by atoms with E-state index < -0.39 is 23.5 Å². The summed E-state index contributed by atoms with van der Waals surface area (Å²) in [5.41, 5.74) is 0.919. The Hall–Kier alpha value is -2.06. The highest BCUT2D eigenvalue weighted by Crippen LogP contribution is 2.34. The summed E-state index contributed by atoms with van der Waals surface area (Å²) in [4.78, 5) is 34.2. The van der Waals surface area contributed by atoms with Crippen molar-refractivity contribution in [2.75, 3.05) is 13.7 Å². The van der Waals surface area contributed by atoms with Crippen molar-refractivity contribution in [3.63, 3.8) is 0 Å². The number of carbonyl (C=O) groups excluding carboxylic acids is 2. The Morgan fingerprint density at radius 1 is 1.48 bits per heavy atom. The molecular formula is C17H20N2O5S. The number of cyclic esters (lactones) is 1. The topological polar surface area (TPSA) is 87.6 Å². The Morgan fingerprint density at radius 2 is 2.20 bits per heavy atom. The number of aromatic nitrogens is 2. The molecule has 3 heterocycles. The van der Waals surface area contributed by atoms with E-state index in [0.29, 0.717) is 11.1 Å². The Bertz CT molecular complexity index is 845. The van der Waals surface area contributed by atoms with E-state index in [2.05, 4.69) is 9.97 Å². The van der Waals surface area contributed by atoms with Crippen molar-refractivity contribution in [3.8, 4) is 0 Å². The number of carbonyl (C=O) groups is 2. The van der Waals surface area contributed by atoms with Gasteiger partial charge in [0.25, 0.3) is 0 Å². The van der Waals surface area contributed by atoms with Crippen LogP contribution in [0.5, 0.6) is 0 Å². The molecular weight excluding hydrogens is 344 g/mol. The lowest BCUT2D eigenvalue weighted by molar-refractivity contribution is -0.145. The number of aryl methyl sites for hydroxylation is 1. The number of rotatable bonds is 4. The summed E-state index contributed by atoms with van der Waals surface area (Å²) in [5.74, 6) is -1.16. The van der Waals surface area contributed by atoms with Gasteiger partial charge in [-0.3, -0.25) is 0 Å². The van der Waals surface area contributed by atoms with E-state index in [1.165, 1.54) is 17.5 Å². The van der Waals surface area contributed by atoms with Crippen LogP contribution in [-0.2, 0) is 19.0 Å². The zero-order valence-corrected chi connectivity index (χ0v) is 15.6. The maximum Gasteiger partial charge on any atom is 0.348 e. The second-order valence-electron chi connectivity index (χ2n) is 6.73. The highest BCUT2D eigenvalue weighted by Gasteiger charge is 2.47. The average Bonchev–Trinajstić information content (AvgIpc) is 3.06. The lowest BCUT2D eigenvalue weighted by Crippen LogP contribution is -2.35. The van der Waals surface area contributed by atoms with Crippen molar-refractivity contribution in [1.29, 1.82) is 0 Å². The Kier molecular flexibility index (Phi) is 4.51. The average molecular weight is 364 g/mol. The molecule has 0 bridgehead atoms. The molecule has 7 nitrogen and oxygen atoms in total. The molecule has 8 heteroatoms. The molecule has 0 unspecified atom stereocenters. The third-order valence-corrected chi connectivity index (χ3v) is 5.17. The van der Waals surface area contributed by atoms with Gasteiger partial charge in [0.15, 0.2) is 0 Å². The number of pyridine rings is 1. The van der Waals surface area contributed by atoms with E-state index in [4.69, 9.17) is 14.2 Å². The van der Waals surface area contributed by atoms with Gasteiger partial charge in [-0.05, 0) is 13.8 Å². The first-order chi connectivity index (χ1) is 11.7. The van der Waals surface area contributed by atoms with E-state index in [1.54, 1.807) is 7.11 Å². The fourth-order valence-corrected chi connectivity index (χ4v) is 3.57. The van der Waals surface area contributed by atoms with Gasteiger partial charge in [0.1, 0.15) is 17.0 Å². The monoisotopic (exact) mass is 364 g/mol. The fraction of sp³-hybridized carbons (Fsp3) is 0.529. The van der Waals surface area contributed by atoms with Gasteiger partial charge >= 0.3 is 11.9 Å². The predicted molar refractivity (Wildman–Crippen MR) is 91.5 cm³/mol. The van der Waals surface area contributed by atoms with Gasteiger partial charge in [-0.1, -0.05) is 25.2 Å². The van der Waals surface area contributed by atoms with Crippen LogP contribution < -0.4 is 0 Å². The Balaban J connectivity index is 2.02. The highest BCUT2D eigenvalue weighted by atomic mass is 32.1. The minimum Gasteiger partial charge on any atom is -0.462 e. The summed E-state index contributed by atoms with van der Waals surface area (Å²) in [7, 11) is 1.56. The van der Waals surface area contributed by atoms with Crippen molar-refractivity contribution < 1.29 is 23.8 Å². The van der Waals surface area contributed by atoms with Crippen molar-refractivity contribution in [1.82, 2.24) is 9.97 Å². The maximum atomic E-state index is 12.8. The Labute approximate surface area is 149 Å². The molecule has 0 N–H and O–H groups in total. The normalized spacial score (nSPS) is 20.5. The van der Waals surface area contributed by atoms with Gasteiger partial charge in [-0.2, -0.15) is 0 Å². The van der Waals surface area contributed by atoms with Crippen molar-refractivity contribution in [3.05, 3.63) is 22.3 Å². The number of nitrogens with zero attached hydrogens (tertiary/aromatic N) is 2. The fourth-order valence-electron chi connectivity index (χ4n) is 2.80. The van der Waals surface area contributed by atoms with Crippen LogP contribution in [0.15, 0.2) is 6.20 Å². The lowest BCUT2D eigenvalue weighted by Gasteiger charge is -2.22. The molecule has 1 aliphatic rings. The van der Waals surface area contributed by atoms with Gasteiger partial charge < -0.3 is 14.2 Å². The zero-order chi connectivity index (χ0) is 18.4. The highest BCUT2D eigenvalue weighted by molar-refractivity contribution is 7.18. The molecule has 134 valence electrons. The van der Waals surface area contributed by atoms with Crippen molar-refractivity contribution >= 4 is 33.6 Å². The number of methoxy groups -OCH3 is 1. The smallest absolute Gasteiger partial charge is 0.348 e. The molecule has 2 atom stereocenters. The van der Waals surface area contributed by atoms with Crippen LogP contribution in [0.25, 0.3) is 10.3 Å². The standard InChI is InChI=1S/C17H20N2O5S/c1-8(22-5)11-10(6-18-14-12(11)19-9(2)25-14)15(20)24-13-16(21)23-7-17(13,3)4/h6,8,13H,7H2,1-5H3/t8-,13-/m0/s1. The number of thiazole rings is 1. The minimum absolute atomic E-state index is 0.216. The summed E-state index contributed by atoms with van der Waals surface area (Å²) in [6.07, 6.45) is 0.136. The molecule has 0 aromatic carbocycles. The number of fused-ring (bicyclic) bond motifs is 1. The summed E-state index contributed by atoms with van der Waals surface area (Å²) < 4.78 is 15.9.